The molecular formula is C21H20N2. The fraction of sp³-hybridized carbons (Fsp3) is 0.190. The predicted octanol–water partition coefficient (Wildman–Crippen LogP) is 5.16. The SMILES string of the molecule is Cc1ccc(Cn2c3cc(C)ccc3c3ccnc(C)c32)cc1. The fourth-order valence-corrected chi connectivity index (χ4v) is 3.37. The zero-order valence-corrected chi connectivity index (χ0v) is 13.8. The van der Waals surface area contributed by atoms with Gasteiger partial charge in [0.1, 0.15) is 0 Å². The number of hydrogen-bond acceptors (Lipinski definition) is 1. The van der Waals surface area contributed by atoms with E-state index in [1.54, 1.807) is 0 Å². The number of aromatic nitrogens is 2. The molecule has 0 saturated carbocycles. The second-order valence-corrected chi connectivity index (χ2v) is 6.38. The molecule has 0 amide bonds. The summed E-state index contributed by atoms with van der Waals surface area (Å²) in [5, 5.41) is 2.60. The van der Waals surface area contributed by atoms with Crippen LogP contribution in [0.5, 0.6) is 0 Å². The molecule has 2 heterocycles. The van der Waals surface area contributed by atoms with Crippen molar-refractivity contribution in [2.24, 2.45) is 0 Å². The van der Waals surface area contributed by atoms with E-state index in [1.807, 2.05) is 6.20 Å². The van der Waals surface area contributed by atoms with Gasteiger partial charge in [-0.05, 0) is 44.0 Å². The second kappa shape index (κ2) is 5.24. The molecule has 0 fully saturated rings. The van der Waals surface area contributed by atoms with Crippen molar-refractivity contribution in [1.82, 2.24) is 9.55 Å². The van der Waals surface area contributed by atoms with Gasteiger partial charge in [0.25, 0.3) is 0 Å². The van der Waals surface area contributed by atoms with Crippen LogP contribution in [-0.2, 0) is 6.54 Å². The predicted molar refractivity (Wildman–Crippen MR) is 97.0 cm³/mol. The Labute approximate surface area is 136 Å². The van der Waals surface area contributed by atoms with Crippen molar-refractivity contribution in [2.45, 2.75) is 27.3 Å². The van der Waals surface area contributed by atoms with Gasteiger partial charge in [-0.1, -0.05) is 42.0 Å². The number of aryl methyl sites for hydroxylation is 3. The largest absolute Gasteiger partial charge is 0.334 e. The van der Waals surface area contributed by atoms with Crippen molar-refractivity contribution in [3.63, 3.8) is 0 Å². The molecule has 2 nitrogen and oxygen atoms in total. The van der Waals surface area contributed by atoms with Gasteiger partial charge in [-0.2, -0.15) is 0 Å². The van der Waals surface area contributed by atoms with E-state index in [0.717, 1.165) is 12.2 Å². The Balaban J connectivity index is 2.01. The van der Waals surface area contributed by atoms with Crippen molar-refractivity contribution in [3.8, 4) is 0 Å². The van der Waals surface area contributed by atoms with E-state index in [1.165, 1.54) is 38.5 Å². The van der Waals surface area contributed by atoms with Crippen molar-refractivity contribution < 1.29 is 0 Å². The maximum absolute atomic E-state index is 4.52. The first-order chi connectivity index (χ1) is 11.1. The van der Waals surface area contributed by atoms with Crippen LogP contribution >= 0.6 is 0 Å². The summed E-state index contributed by atoms with van der Waals surface area (Å²) in [5.74, 6) is 0. The first-order valence-corrected chi connectivity index (χ1v) is 8.03. The quantitative estimate of drug-likeness (QED) is 0.500. The van der Waals surface area contributed by atoms with Crippen LogP contribution in [0.2, 0.25) is 0 Å². The van der Waals surface area contributed by atoms with Gasteiger partial charge >= 0.3 is 0 Å². The summed E-state index contributed by atoms with van der Waals surface area (Å²) in [7, 11) is 0. The lowest BCUT2D eigenvalue weighted by Crippen LogP contribution is -2.01. The van der Waals surface area contributed by atoms with Gasteiger partial charge in [-0.15, -0.1) is 0 Å². The molecular weight excluding hydrogens is 280 g/mol. The van der Waals surface area contributed by atoms with Crippen LogP contribution in [0.3, 0.4) is 0 Å². The smallest absolute Gasteiger partial charge is 0.0710 e. The lowest BCUT2D eigenvalue weighted by atomic mass is 10.1. The van der Waals surface area contributed by atoms with Gasteiger partial charge in [0, 0.05) is 29.0 Å². The maximum Gasteiger partial charge on any atom is 0.0710 e. The Kier molecular flexibility index (Phi) is 3.19. The molecule has 0 atom stereocenters. The molecule has 2 aromatic carbocycles. The zero-order chi connectivity index (χ0) is 16.0. The molecule has 114 valence electrons. The number of fused-ring (bicyclic) bond motifs is 3. The molecule has 0 spiro atoms. The lowest BCUT2D eigenvalue weighted by molar-refractivity contribution is 0.861. The van der Waals surface area contributed by atoms with Crippen molar-refractivity contribution in [1.29, 1.82) is 0 Å². The Morgan fingerprint density at radius 2 is 1.57 bits per heavy atom. The van der Waals surface area contributed by atoms with Gasteiger partial charge in [0.2, 0.25) is 0 Å². The highest BCUT2D eigenvalue weighted by Gasteiger charge is 2.13. The Morgan fingerprint density at radius 3 is 2.35 bits per heavy atom. The standard InChI is InChI=1S/C21H20N2/c1-14-4-7-17(8-5-14)13-23-20-12-15(2)6-9-18(20)19-10-11-22-16(3)21(19)23/h4-12H,13H2,1-3H3. The summed E-state index contributed by atoms with van der Waals surface area (Å²) < 4.78 is 2.41. The van der Waals surface area contributed by atoms with Gasteiger partial charge in [-0.25, -0.2) is 0 Å². The third-order valence-electron chi connectivity index (χ3n) is 4.57. The van der Waals surface area contributed by atoms with Crippen LogP contribution in [-0.4, -0.2) is 9.55 Å². The molecule has 4 rings (SSSR count). The zero-order valence-electron chi connectivity index (χ0n) is 13.8. The second-order valence-electron chi connectivity index (χ2n) is 6.38. The minimum Gasteiger partial charge on any atom is -0.334 e. The molecule has 2 heteroatoms. The van der Waals surface area contributed by atoms with E-state index in [4.69, 9.17) is 0 Å². The van der Waals surface area contributed by atoms with E-state index in [2.05, 4.69) is 78.9 Å². The first-order valence-electron chi connectivity index (χ1n) is 8.03. The monoisotopic (exact) mass is 300 g/mol. The normalized spacial score (nSPS) is 11.4. The number of pyridine rings is 1. The molecule has 0 unspecified atom stereocenters. The number of nitrogens with zero attached hydrogens (tertiary/aromatic N) is 2. The summed E-state index contributed by atoms with van der Waals surface area (Å²) in [6.07, 6.45) is 1.91. The molecule has 23 heavy (non-hydrogen) atoms. The fourth-order valence-electron chi connectivity index (χ4n) is 3.37. The Morgan fingerprint density at radius 1 is 0.826 bits per heavy atom. The summed E-state index contributed by atoms with van der Waals surface area (Å²) in [4.78, 5) is 4.52. The Hall–Kier alpha value is -2.61. The minimum absolute atomic E-state index is 0.871. The summed E-state index contributed by atoms with van der Waals surface area (Å²) in [6.45, 7) is 7.25. The van der Waals surface area contributed by atoms with E-state index < -0.39 is 0 Å². The Bertz CT molecular complexity index is 1010. The summed E-state index contributed by atoms with van der Waals surface area (Å²) in [5.41, 5.74) is 7.52. The summed E-state index contributed by atoms with van der Waals surface area (Å²) >= 11 is 0. The topological polar surface area (TPSA) is 17.8 Å². The average molecular weight is 300 g/mol. The first kappa shape index (κ1) is 14.0. The third kappa shape index (κ3) is 2.31. The highest BCUT2D eigenvalue weighted by Crippen LogP contribution is 2.31. The molecule has 0 aliphatic carbocycles. The third-order valence-corrected chi connectivity index (χ3v) is 4.57. The lowest BCUT2D eigenvalue weighted by Gasteiger charge is -2.09. The summed E-state index contributed by atoms with van der Waals surface area (Å²) in [6, 6.07) is 17.6. The molecule has 0 saturated heterocycles. The van der Waals surface area contributed by atoms with Gasteiger partial charge in [-0.3, -0.25) is 4.98 Å². The molecule has 0 N–H and O–H groups in total. The van der Waals surface area contributed by atoms with Crippen molar-refractivity contribution in [3.05, 3.63) is 77.1 Å². The molecule has 4 aromatic rings. The van der Waals surface area contributed by atoms with E-state index in [0.29, 0.717) is 0 Å². The van der Waals surface area contributed by atoms with Crippen LogP contribution in [0.1, 0.15) is 22.4 Å². The average Bonchev–Trinajstić information content (AvgIpc) is 2.84. The van der Waals surface area contributed by atoms with Crippen LogP contribution < -0.4 is 0 Å². The van der Waals surface area contributed by atoms with Crippen LogP contribution in [0.4, 0.5) is 0 Å². The van der Waals surface area contributed by atoms with Crippen molar-refractivity contribution in [2.75, 3.05) is 0 Å². The molecule has 0 aliphatic heterocycles. The number of hydrogen-bond donors (Lipinski definition) is 0. The van der Waals surface area contributed by atoms with Gasteiger partial charge < -0.3 is 4.57 Å². The maximum atomic E-state index is 4.52. The number of rotatable bonds is 2. The molecule has 2 aromatic heterocycles. The highest BCUT2D eigenvalue weighted by atomic mass is 15.0. The van der Waals surface area contributed by atoms with E-state index in [-0.39, 0.29) is 0 Å². The van der Waals surface area contributed by atoms with Crippen molar-refractivity contribution >= 4 is 21.8 Å². The minimum atomic E-state index is 0.871. The van der Waals surface area contributed by atoms with E-state index >= 15 is 0 Å². The van der Waals surface area contributed by atoms with Gasteiger partial charge in [0.05, 0.1) is 11.2 Å². The highest BCUT2D eigenvalue weighted by molar-refractivity contribution is 6.08. The molecule has 0 bridgehead atoms. The van der Waals surface area contributed by atoms with Crippen LogP contribution in [0.15, 0.2) is 54.7 Å². The van der Waals surface area contributed by atoms with E-state index in [9.17, 15) is 0 Å². The van der Waals surface area contributed by atoms with Crippen LogP contribution in [0.25, 0.3) is 21.8 Å². The number of benzene rings is 2. The van der Waals surface area contributed by atoms with Gasteiger partial charge in [0.15, 0.2) is 0 Å². The van der Waals surface area contributed by atoms with Crippen LogP contribution in [0, 0.1) is 20.8 Å². The molecule has 0 radical (unpaired) electrons. The molecule has 0 aliphatic rings.